The van der Waals surface area contributed by atoms with E-state index in [9.17, 15) is 9.90 Å². The van der Waals surface area contributed by atoms with Gasteiger partial charge in [0.2, 0.25) is 5.91 Å². The van der Waals surface area contributed by atoms with Crippen LogP contribution in [0.2, 0.25) is 0 Å². The molecule has 6 nitrogen and oxygen atoms in total. The van der Waals surface area contributed by atoms with Crippen LogP contribution in [-0.2, 0) is 4.79 Å². The number of amides is 1. The van der Waals surface area contributed by atoms with Crippen molar-refractivity contribution in [1.29, 1.82) is 0 Å². The van der Waals surface area contributed by atoms with Gasteiger partial charge in [0.1, 0.15) is 11.9 Å². The fourth-order valence-corrected chi connectivity index (χ4v) is 4.41. The van der Waals surface area contributed by atoms with E-state index >= 15 is 0 Å². The van der Waals surface area contributed by atoms with Gasteiger partial charge in [-0.2, -0.15) is 0 Å². The fourth-order valence-electron chi connectivity index (χ4n) is 4.41. The number of carbonyl (C=O) groups excluding carboxylic acids is 1. The molecule has 1 fully saturated rings. The van der Waals surface area contributed by atoms with Gasteiger partial charge in [0.15, 0.2) is 5.82 Å². The van der Waals surface area contributed by atoms with Crippen molar-refractivity contribution < 1.29 is 12.8 Å². The molecule has 3 aromatic rings. The highest BCUT2D eigenvalue weighted by Crippen LogP contribution is 2.31. The molecular weight excluding hydrogens is 412 g/mol. The van der Waals surface area contributed by atoms with Crippen LogP contribution >= 0.6 is 0 Å². The lowest BCUT2D eigenvalue weighted by Gasteiger charge is -2.34. The molecular formula is C27H38N4O2. The monoisotopic (exact) mass is 450 g/mol. The zero-order valence-electron chi connectivity index (χ0n) is 20.0. The fraction of sp³-hybridized carbons (Fsp3) is 0.444. The maximum absolute atomic E-state index is 12.1. The highest BCUT2D eigenvalue weighted by Gasteiger charge is 2.25. The molecule has 33 heavy (non-hydrogen) atoms. The smallest absolute Gasteiger partial charge is 0.249 e. The largest absolute Gasteiger partial charge is 0.383 e. The van der Waals surface area contributed by atoms with Gasteiger partial charge in [-0.15, -0.1) is 0 Å². The average Bonchev–Trinajstić information content (AvgIpc) is 2.81. The third kappa shape index (κ3) is 5.17. The number of rotatable bonds is 6. The molecule has 1 amide bonds. The molecule has 0 saturated carbocycles. The summed E-state index contributed by atoms with van der Waals surface area (Å²) in [5.41, 5.74) is 4.37. The summed E-state index contributed by atoms with van der Waals surface area (Å²) in [7, 11) is 0. The molecule has 1 aliphatic rings. The second kappa shape index (κ2) is 9.87. The van der Waals surface area contributed by atoms with E-state index in [1.54, 1.807) is 0 Å². The lowest BCUT2D eigenvalue weighted by atomic mass is 9.96. The van der Waals surface area contributed by atoms with Crippen molar-refractivity contribution >= 4 is 22.6 Å². The van der Waals surface area contributed by atoms with Gasteiger partial charge < -0.3 is 15.3 Å². The Morgan fingerprint density at radius 2 is 1.88 bits per heavy atom. The van der Waals surface area contributed by atoms with Crippen molar-refractivity contribution in [2.24, 2.45) is 11.8 Å². The van der Waals surface area contributed by atoms with Gasteiger partial charge in [-0.1, -0.05) is 44.2 Å². The van der Waals surface area contributed by atoms with Crippen molar-refractivity contribution in [2.75, 3.05) is 24.5 Å². The molecule has 2 heterocycles. The maximum Gasteiger partial charge on any atom is 0.249 e. The number of hydrogen-bond donors (Lipinski definition) is 2. The Bertz CT molecular complexity index is 1150. The zero-order valence-corrected chi connectivity index (χ0v) is 20.0. The number of aliphatic hydroxyl groups excluding tert-OH is 1. The summed E-state index contributed by atoms with van der Waals surface area (Å²) >= 11 is 0. The lowest BCUT2D eigenvalue weighted by molar-refractivity contribution is -0.131. The molecule has 1 aromatic heterocycles. The molecule has 6 heteroatoms. The van der Waals surface area contributed by atoms with Crippen LogP contribution in [-0.4, -0.2) is 46.7 Å². The minimum atomic E-state index is -0.944. The summed E-state index contributed by atoms with van der Waals surface area (Å²) in [5.74, 6) is 1.79. The average molecular weight is 451 g/mol. The third-order valence-corrected chi connectivity index (χ3v) is 6.60. The number of anilines is 1. The highest BCUT2D eigenvalue weighted by atomic mass is 16.3. The van der Waals surface area contributed by atoms with E-state index in [1.807, 2.05) is 26.0 Å². The van der Waals surface area contributed by atoms with Crippen LogP contribution in [0, 0.1) is 25.7 Å². The molecule has 1 saturated heterocycles. The first kappa shape index (κ1) is 23.2. The number of fused-ring (bicyclic) bond motifs is 1. The molecule has 0 aliphatic carbocycles. The quantitative estimate of drug-likeness (QED) is 0.566. The Morgan fingerprint density at radius 1 is 1.15 bits per heavy atom. The molecule has 1 unspecified atom stereocenters. The Morgan fingerprint density at radius 3 is 2.58 bits per heavy atom. The molecule has 2 aromatic carbocycles. The van der Waals surface area contributed by atoms with E-state index < -0.39 is 6.10 Å². The normalized spacial score (nSPS) is 15.8. The number of piperidine rings is 1. The van der Waals surface area contributed by atoms with Gasteiger partial charge in [0.25, 0.3) is 0 Å². The van der Waals surface area contributed by atoms with Crippen LogP contribution in [0.5, 0.6) is 0 Å². The van der Waals surface area contributed by atoms with Gasteiger partial charge in [0, 0.05) is 33.4 Å². The van der Waals surface area contributed by atoms with Crippen LogP contribution in [0.3, 0.4) is 0 Å². The van der Waals surface area contributed by atoms with Crippen LogP contribution < -0.4 is 10.2 Å². The SMILES string of the molecule is Cc1ccc2c(N3CCC(CNC(=O)C(O)C(C)C)CC3)nc(-c3ccccc3C)nc2c1.[HH].[HH]. The number of carbonyl (C=O) groups is 1. The summed E-state index contributed by atoms with van der Waals surface area (Å²) in [6, 6.07) is 14.6. The van der Waals surface area contributed by atoms with E-state index in [0.717, 1.165) is 59.6 Å². The van der Waals surface area contributed by atoms with Crippen molar-refractivity contribution in [1.82, 2.24) is 15.3 Å². The first-order chi connectivity index (χ1) is 15.8. The number of nitrogens with zero attached hydrogens (tertiary/aromatic N) is 3. The Kier molecular flexibility index (Phi) is 6.94. The minimum absolute atomic E-state index is 0. The van der Waals surface area contributed by atoms with E-state index in [4.69, 9.17) is 9.97 Å². The Hall–Kier alpha value is -2.99. The van der Waals surface area contributed by atoms with Gasteiger partial charge in [0.05, 0.1) is 5.52 Å². The van der Waals surface area contributed by atoms with Gasteiger partial charge in [-0.25, -0.2) is 9.97 Å². The third-order valence-electron chi connectivity index (χ3n) is 6.60. The van der Waals surface area contributed by atoms with E-state index in [0.29, 0.717) is 12.5 Å². The van der Waals surface area contributed by atoms with Crippen molar-refractivity contribution in [3.63, 3.8) is 0 Å². The Balaban J connectivity index is 0.00000216. The number of aryl methyl sites for hydroxylation is 2. The number of aromatic nitrogens is 2. The van der Waals surface area contributed by atoms with Crippen molar-refractivity contribution in [2.45, 2.75) is 46.6 Å². The maximum atomic E-state index is 12.1. The molecule has 0 radical (unpaired) electrons. The number of nitrogens with one attached hydrogen (secondary N) is 1. The molecule has 2 N–H and O–H groups in total. The summed E-state index contributed by atoms with van der Waals surface area (Å²) in [6.45, 7) is 10.2. The van der Waals surface area contributed by atoms with Crippen molar-refractivity contribution in [3.8, 4) is 11.4 Å². The molecule has 1 atom stereocenters. The summed E-state index contributed by atoms with van der Waals surface area (Å²) < 4.78 is 0. The van der Waals surface area contributed by atoms with Crippen LogP contribution in [0.25, 0.3) is 22.3 Å². The van der Waals surface area contributed by atoms with E-state index in [1.165, 1.54) is 5.56 Å². The summed E-state index contributed by atoms with van der Waals surface area (Å²) in [4.78, 5) is 24.4. The van der Waals surface area contributed by atoms with Gasteiger partial charge in [-0.3, -0.25) is 4.79 Å². The molecule has 1 aliphatic heterocycles. The second-order valence-electron chi connectivity index (χ2n) is 9.57. The first-order valence-corrected chi connectivity index (χ1v) is 11.9. The van der Waals surface area contributed by atoms with E-state index in [2.05, 4.69) is 54.4 Å². The molecule has 0 spiro atoms. The number of benzene rings is 2. The van der Waals surface area contributed by atoms with E-state index in [-0.39, 0.29) is 14.7 Å². The first-order valence-electron chi connectivity index (χ1n) is 11.9. The van der Waals surface area contributed by atoms with Crippen LogP contribution in [0.15, 0.2) is 42.5 Å². The predicted molar refractivity (Wildman–Crippen MR) is 137 cm³/mol. The Labute approximate surface area is 199 Å². The number of hydrogen-bond acceptors (Lipinski definition) is 5. The standard InChI is InChI=1S/C27H34N4O2.2H2/c1-17(2)24(32)27(33)28-16-20-11-13-31(14-12-20)26-22-10-9-18(3)15-23(22)29-25(30-26)21-8-6-5-7-19(21)4;;/h5-10,15,17,20,24,32H,11-14,16H2,1-4H3,(H,28,33);2*1H. The zero-order chi connectivity index (χ0) is 23.5. The van der Waals surface area contributed by atoms with Gasteiger partial charge >= 0.3 is 0 Å². The number of aliphatic hydroxyl groups is 1. The highest BCUT2D eigenvalue weighted by molar-refractivity contribution is 5.91. The topological polar surface area (TPSA) is 78.4 Å². The molecule has 4 rings (SSSR count). The van der Waals surface area contributed by atoms with Gasteiger partial charge in [-0.05, 0) is 61.8 Å². The predicted octanol–water partition coefficient (Wildman–Crippen LogP) is 4.76. The van der Waals surface area contributed by atoms with Crippen LogP contribution in [0.1, 0.15) is 40.7 Å². The second-order valence-corrected chi connectivity index (χ2v) is 9.57. The van der Waals surface area contributed by atoms with Crippen LogP contribution in [0.4, 0.5) is 5.82 Å². The lowest BCUT2D eigenvalue weighted by Crippen LogP contribution is -2.43. The van der Waals surface area contributed by atoms with Crippen molar-refractivity contribution in [3.05, 3.63) is 53.6 Å². The summed E-state index contributed by atoms with van der Waals surface area (Å²) in [6.07, 6.45) is 0.991. The summed E-state index contributed by atoms with van der Waals surface area (Å²) in [5, 5.41) is 13.9. The molecule has 0 bridgehead atoms. The minimum Gasteiger partial charge on any atom is -0.383 e. The molecule has 178 valence electrons.